The van der Waals surface area contributed by atoms with E-state index in [0.29, 0.717) is 13.0 Å². The van der Waals surface area contributed by atoms with E-state index in [-0.39, 0.29) is 30.4 Å². The first-order valence-corrected chi connectivity index (χ1v) is 6.03. The molecule has 0 amide bonds. The molecular weight excluding hydrogens is 232 g/mol. The number of hydrogen-bond donors (Lipinski definition) is 0. The third kappa shape index (κ3) is 3.09. The summed E-state index contributed by atoms with van der Waals surface area (Å²) in [5.41, 5.74) is 0.955. The van der Waals surface area contributed by atoms with Crippen molar-refractivity contribution in [2.75, 3.05) is 6.61 Å². The van der Waals surface area contributed by atoms with E-state index in [1.807, 2.05) is 30.3 Å². The SMILES string of the molecule is CC(C(=O)OCc1ccccc1)C1COC(=O)C1. The topological polar surface area (TPSA) is 52.6 Å². The molecule has 0 aromatic heterocycles. The Bertz CT molecular complexity index is 427. The van der Waals surface area contributed by atoms with Crippen molar-refractivity contribution in [3.63, 3.8) is 0 Å². The largest absolute Gasteiger partial charge is 0.465 e. The second kappa shape index (κ2) is 5.67. The summed E-state index contributed by atoms with van der Waals surface area (Å²) in [5.74, 6) is -0.870. The van der Waals surface area contributed by atoms with Crippen molar-refractivity contribution in [1.29, 1.82) is 0 Å². The van der Waals surface area contributed by atoms with Crippen molar-refractivity contribution in [2.24, 2.45) is 11.8 Å². The lowest BCUT2D eigenvalue weighted by atomic mass is 9.93. The first-order valence-electron chi connectivity index (χ1n) is 6.03. The highest BCUT2D eigenvalue weighted by Gasteiger charge is 2.33. The summed E-state index contributed by atoms with van der Waals surface area (Å²) in [6.07, 6.45) is 0.307. The molecule has 1 aromatic rings. The van der Waals surface area contributed by atoms with E-state index in [4.69, 9.17) is 9.47 Å². The molecule has 2 rings (SSSR count). The van der Waals surface area contributed by atoms with Crippen LogP contribution in [0.25, 0.3) is 0 Å². The number of ether oxygens (including phenoxy) is 2. The molecule has 2 atom stereocenters. The van der Waals surface area contributed by atoms with Crippen LogP contribution in [-0.2, 0) is 25.7 Å². The Labute approximate surface area is 106 Å². The monoisotopic (exact) mass is 248 g/mol. The molecule has 4 heteroatoms. The van der Waals surface area contributed by atoms with Crippen molar-refractivity contribution in [2.45, 2.75) is 20.0 Å². The highest BCUT2D eigenvalue weighted by Crippen LogP contribution is 2.24. The molecule has 0 saturated carbocycles. The Morgan fingerprint density at radius 3 is 2.78 bits per heavy atom. The molecule has 1 aromatic carbocycles. The lowest BCUT2D eigenvalue weighted by Gasteiger charge is -2.15. The third-order valence-electron chi connectivity index (χ3n) is 3.19. The van der Waals surface area contributed by atoms with Crippen LogP contribution >= 0.6 is 0 Å². The van der Waals surface area contributed by atoms with E-state index in [0.717, 1.165) is 5.56 Å². The van der Waals surface area contributed by atoms with Crippen LogP contribution in [0.15, 0.2) is 30.3 Å². The van der Waals surface area contributed by atoms with Crippen molar-refractivity contribution in [3.05, 3.63) is 35.9 Å². The van der Waals surface area contributed by atoms with Gasteiger partial charge in [-0.05, 0) is 5.56 Å². The van der Waals surface area contributed by atoms with E-state index in [2.05, 4.69) is 0 Å². The van der Waals surface area contributed by atoms with Crippen LogP contribution in [0, 0.1) is 11.8 Å². The van der Waals surface area contributed by atoms with Gasteiger partial charge in [0.1, 0.15) is 6.61 Å². The summed E-state index contributed by atoms with van der Waals surface area (Å²) in [5, 5.41) is 0. The molecule has 0 aliphatic carbocycles. The molecule has 0 spiro atoms. The van der Waals surface area contributed by atoms with Crippen molar-refractivity contribution in [1.82, 2.24) is 0 Å². The lowest BCUT2D eigenvalue weighted by Crippen LogP contribution is -2.23. The minimum Gasteiger partial charge on any atom is -0.465 e. The van der Waals surface area contributed by atoms with Crippen molar-refractivity contribution >= 4 is 11.9 Å². The normalized spacial score (nSPS) is 20.3. The predicted octanol–water partition coefficient (Wildman–Crippen LogP) is 1.93. The minimum atomic E-state index is -0.305. The van der Waals surface area contributed by atoms with E-state index < -0.39 is 0 Å². The van der Waals surface area contributed by atoms with E-state index in [1.54, 1.807) is 6.92 Å². The summed E-state index contributed by atoms with van der Waals surface area (Å²) in [7, 11) is 0. The number of carbonyl (C=O) groups is 2. The second-order valence-electron chi connectivity index (χ2n) is 4.53. The predicted molar refractivity (Wildman–Crippen MR) is 64.5 cm³/mol. The van der Waals surface area contributed by atoms with Gasteiger partial charge in [-0.1, -0.05) is 37.3 Å². The highest BCUT2D eigenvalue weighted by atomic mass is 16.5. The molecular formula is C14H16O4. The number of hydrogen-bond acceptors (Lipinski definition) is 4. The molecule has 0 radical (unpaired) electrons. The molecule has 0 bridgehead atoms. The van der Waals surface area contributed by atoms with Gasteiger partial charge in [0.05, 0.1) is 18.9 Å². The number of benzene rings is 1. The van der Waals surface area contributed by atoms with Gasteiger partial charge >= 0.3 is 11.9 Å². The molecule has 1 aliphatic rings. The Kier molecular flexibility index (Phi) is 3.97. The smallest absolute Gasteiger partial charge is 0.309 e. The van der Waals surface area contributed by atoms with E-state index >= 15 is 0 Å². The molecule has 1 fully saturated rings. The fraction of sp³-hybridized carbons (Fsp3) is 0.429. The molecule has 1 saturated heterocycles. The van der Waals surface area contributed by atoms with E-state index in [1.165, 1.54) is 0 Å². The summed E-state index contributed by atoms with van der Waals surface area (Å²) >= 11 is 0. The summed E-state index contributed by atoms with van der Waals surface area (Å²) in [6, 6.07) is 9.52. The van der Waals surface area contributed by atoms with Gasteiger partial charge in [0.25, 0.3) is 0 Å². The van der Waals surface area contributed by atoms with Gasteiger partial charge in [-0.3, -0.25) is 9.59 Å². The molecule has 1 aliphatic heterocycles. The number of rotatable bonds is 4. The number of cyclic esters (lactones) is 1. The number of esters is 2. The first-order chi connectivity index (χ1) is 8.66. The Balaban J connectivity index is 1.83. The highest BCUT2D eigenvalue weighted by molar-refractivity contribution is 5.76. The lowest BCUT2D eigenvalue weighted by molar-refractivity contribution is -0.151. The molecule has 18 heavy (non-hydrogen) atoms. The summed E-state index contributed by atoms with van der Waals surface area (Å²) < 4.78 is 10.1. The van der Waals surface area contributed by atoms with Gasteiger partial charge in [-0.2, -0.15) is 0 Å². The zero-order valence-corrected chi connectivity index (χ0v) is 10.3. The van der Waals surface area contributed by atoms with Gasteiger partial charge in [-0.15, -0.1) is 0 Å². The standard InChI is InChI=1S/C14H16O4/c1-10(12-7-13(15)17-9-12)14(16)18-8-11-5-3-2-4-6-11/h2-6,10,12H,7-9H2,1H3. The molecule has 2 unspecified atom stereocenters. The zero-order valence-electron chi connectivity index (χ0n) is 10.3. The van der Waals surface area contributed by atoms with Crippen LogP contribution in [0.1, 0.15) is 18.9 Å². The van der Waals surface area contributed by atoms with Crippen molar-refractivity contribution < 1.29 is 19.1 Å². The second-order valence-corrected chi connectivity index (χ2v) is 4.53. The van der Waals surface area contributed by atoms with Gasteiger partial charge in [-0.25, -0.2) is 0 Å². The molecule has 4 nitrogen and oxygen atoms in total. The minimum absolute atomic E-state index is 0.0548. The van der Waals surface area contributed by atoms with Gasteiger partial charge in [0, 0.05) is 5.92 Å². The van der Waals surface area contributed by atoms with Gasteiger partial charge in [0.2, 0.25) is 0 Å². The molecule has 1 heterocycles. The average Bonchev–Trinajstić information content (AvgIpc) is 2.83. The van der Waals surface area contributed by atoms with Gasteiger partial charge in [0.15, 0.2) is 0 Å². The maximum absolute atomic E-state index is 11.8. The van der Waals surface area contributed by atoms with Crippen LogP contribution in [0.5, 0.6) is 0 Å². The Morgan fingerprint density at radius 1 is 1.44 bits per heavy atom. The first kappa shape index (κ1) is 12.6. The maximum Gasteiger partial charge on any atom is 0.309 e. The average molecular weight is 248 g/mol. The molecule has 96 valence electrons. The fourth-order valence-corrected chi connectivity index (χ4v) is 1.91. The Hall–Kier alpha value is -1.84. The summed E-state index contributed by atoms with van der Waals surface area (Å²) in [4.78, 5) is 22.8. The zero-order chi connectivity index (χ0) is 13.0. The van der Waals surface area contributed by atoms with Crippen LogP contribution < -0.4 is 0 Å². The quantitative estimate of drug-likeness (QED) is 0.764. The third-order valence-corrected chi connectivity index (χ3v) is 3.19. The molecule has 0 N–H and O–H groups in total. The van der Waals surface area contributed by atoms with Crippen LogP contribution in [0.4, 0.5) is 0 Å². The van der Waals surface area contributed by atoms with Crippen LogP contribution in [0.3, 0.4) is 0 Å². The summed E-state index contributed by atoms with van der Waals surface area (Å²) in [6.45, 7) is 2.37. The Morgan fingerprint density at radius 2 is 2.17 bits per heavy atom. The van der Waals surface area contributed by atoms with E-state index in [9.17, 15) is 9.59 Å². The number of carbonyl (C=O) groups excluding carboxylic acids is 2. The van der Waals surface area contributed by atoms with Crippen molar-refractivity contribution in [3.8, 4) is 0 Å². The maximum atomic E-state index is 11.8. The van der Waals surface area contributed by atoms with Crippen LogP contribution in [0.2, 0.25) is 0 Å². The van der Waals surface area contributed by atoms with Crippen LogP contribution in [-0.4, -0.2) is 18.5 Å². The van der Waals surface area contributed by atoms with Gasteiger partial charge < -0.3 is 9.47 Å². The fourth-order valence-electron chi connectivity index (χ4n) is 1.91.